The lowest BCUT2D eigenvalue weighted by Crippen LogP contribution is -2.12. The van der Waals surface area contributed by atoms with Crippen molar-refractivity contribution in [3.8, 4) is 0 Å². The fraction of sp³-hybridized carbons (Fsp3) is 1.00. The van der Waals surface area contributed by atoms with Gasteiger partial charge in [-0.05, 0) is 48.7 Å². The van der Waals surface area contributed by atoms with Gasteiger partial charge in [0.25, 0.3) is 0 Å². The maximum Gasteiger partial charge on any atom is -0.00694 e. The highest BCUT2D eigenvalue weighted by molar-refractivity contribution is 7.80. The van der Waals surface area contributed by atoms with Crippen LogP contribution < -0.4 is 0 Å². The SMILES string of the molecule is CC1CCC(CS)CC2CCC(CC1)C2. The van der Waals surface area contributed by atoms with Crippen molar-refractivity contribution in [3.05, 3.63) is 0 Å². The Morgan fingerprint density at radius 3 is 2.33 bits per heavy atom. The van der Waals surface area contributed by atoms with Gasteiger partial charge in [0.2, 0.25) is 0 Å². The number of thiol groups is 1. The first-order chi connectivity index (χ1) is 7.28. The van der Waals surface area contributed by atoms with E-state index in [1.54, 1.807) is 0 Å². The Balaban J connectivity index is 1.93. The van der Waals surface area contributed by atoms with Crippen LogP contribution in [0.3, 0.4) is 0 Å². The molecule has 15 heavy (non-hydrogen) atoms. The van der Waals surface area contributed by atoms with E-state index in [-0.39, 0.29) is 0 Å². The summed E-state index contributed by atoms with van der Waals surface area (Å²) in [6, 6.07) is 0. The monoisotopic (exact) mass is 226 g/mol. The van der Waals surface area contributed by atoms with Gasteiger partial charge in [-0.1, -0.05) is 39.0 Å². The van der Waals surface area contributed by atoms with Crippen molar-refractivity contribution in [2.24, 2.45) is 23.7 Å². The second-order valence-electron chi connectivity index (χ2n) is 6.09. The summed E-state index contributed by atoms with van der Waals surface area (Å²) < 4.78 is 0. The zero-order chi connectivity index (χ0) is 10.7. The lowest BCUT2D eigenvalue weighted by atomic mass is 9.84. The first-order valence-corrected chi connectivity index (χ1v) is 7.52. The molecule has 4 atom stereocenters. The van der Waals surface area contributed by atoms with E-state index in [1.807, 2.05) is 0 Å². The van der Waals surface area contributed by atoms with Crippen molar-refractivity contribution >= 4 is 12.6 Å². The molecule has 2 aliphatic carbocycles. The first kappa shape index (κ1) is 11.8. The number of hydrogen-bond acceptors (Lipinski definition) is 1. The largest absolute Gasteiger partial charge is 0.179 e. The standard InChI is InChI=1S/C14H26S/c1-11-2-4-12-6-7-13(8-12)9-14(10-15)5-3-11/h11-15H,2-10H2,1H3. The Morgan fingerprint density at radius 1 is 0.867 bits per heavy atom. The van der Waals surface area contributed by atoms with Gasteiger partial charge in [-0.25, -0.2) is 0 Å². The van der Waals surface area contributed by atoms with Gasteiger partial charge in [0.05, 0.1) is 0 Å². The highest BCUT2D eigenvalue weighted by Crippen LogP contribution is 2.40. The van der Waals surface area contributed by atoms with Gasteiger partial charge in [-0.15, -0.1) is 0 Å². The molecule has 2 aliphatic rings. The minimum atomic E-state index is 0.914. The predicted octanol–water partition coefficient (Wildman–Crippen LogP) is 4.55. The molecule has 0 aliphatic heterocycles. The molecule has 2 saturated carbocycles. The van der Waals surface area contributed by atoms with Gasteiger partial charge in [-0.2, -0.15) is 12.6 Å². The van der Waals surface area contributed by atoms with Gasteiger partial charge < -0.3 is 0 Å². The maximum atomic E-state index is 4.53. The number of fused-ring (bicyclic) bond motifs is 2. The second kappa shape index (κ2) is 5.61. The van der Waals surface area contributed by atoms with Gasteiger partial charge in [0, 0.05) is 0 Å². The molecular formula is C14H26S. The fourth-order valence-electron chi connectivity index (χ4n) is 3.59. The van der Waals surface area contributed by atoms with Crippen molar-refractivity contribution in [3.63, 3.8) is 0 Å². The van der Waals surface area contributed by atoms with Crippen molar-refractivity contribution in [1.82, 2.24) is 0 Å². The van der Waals surface area contributed by atoms with E-state index in [2.05, 4.69) is 19.6 Å². The lowest BCUT2D eigenvalue weighted by Gasteiger charge is -2.23. The van der Waals surface area contributed by atoms with Crippen LogP contribution in [0.2, 0.25) is 0 Å². The second-order valence-corrected chi connectivity index (χ2v) is 6.45. The van der Waals surface area contributed by atoms with Gasteiger partial charge >= 0.3 is 0 Å². The van der Waals surface area contributed by atoms with Crippen LogP contribution in [0.5, 0.6) is 0 Å². The minimum absolute atomic E-state index is 0.914. The van der Waals surface area contributed by atoms with Crippen LogP contribution in [0, 0.1) is 23.7 Å². The van der Waals surface area contributed by atoms with Crippen LogP contribution in [0.4, 0.5) is 0 Å². The molecule has 0 aromatic carbocycles. The van der Waals surface area contributed by atoms with E-state index in [9.17, 15) is 0 Å². The average Bonchev–Trinajstić information content (AvgIpc) is 2.68. The van der Waals surface area contributed by atoms with E-state index < -0.39 is 0 Å². The smallest absolute Gasteiger partial charge is 0.00694 e. The molecule has 2 rings (SSSR count). The Labute approximate surface area is 101 Å². The molecule has 0 saturated heterocycles. The third kappa shape index (κ3) is 3.41. The van der Waals surface area contributed by atoms with Crippen LogP contribution in [0.15, 0.2) is 0 Å². The van der Waals surface area contributed by atoms with E-state index in [0.29, 0.717) is 0 Å². The molecule has 1 heteroatoms. The Morgan fingerprint density at radius 2 is 1.53 bits per heavy atom. The topological polar surface area (TPSA) is 0 Å². The summed E-state index contributed by atoms with van der Waals surface area (Å²) in [5.41, 5.74) is 0. The quantitative estimate of drug-likeness (QED) is 0.623. The molecule has 0 aromatic heterocycles. The molecule has 2 fully saturated rings. The van der Waals surface area contributed by atoms with Crippen LogP contribution >= 0.6 is 12.6 Å². The molecule has 0 heterocycles. The molecule has 0 amide bonds. The normalized spacial score (nSPS) is 42.8. The minimum Gasteiger partial charge on any atom is -0.179 e. The van der Waals surface area contributed by atoms with Crippen molar-refractivity contribution in [2.45, 2.75) is 58.3 Å². The molecule has 0 N–H and O–H groups in total. The Hall–Kier alpha value is 0.350. The molecular weight excluding hydrogens is 200 g/mol. The van der Waals surface area contributed by atoms with E-state index in [1.165, 1.54) is 51.4 Å². The fourth-order valence-corrected chi connectivity index (χ4v) is 3.93. The zero-order valence-corrected chi connectivity index (χ0v) is 11.0. The van der Waals surface area contributed by atoms with Gasteiger partial charge in [0.15, 0.2) is 0 Å². The van der Waals surface area contributed by atoms with E-state index >= 15 is 0 Å². The Bertz CT molecular complexity index is 190. The average molecular weight is 226 g/mol. The molecule has 4 unspecified atom stereocenters. The summed E-state index contributed by atoms with van der Waals surface area (Å²) in [5, 5.41) is 0. The third-order valence-corrected chi connectivity index (χ3v) is 5.23. The first-order valence-electron chi connectivity index (χ1n) is 6.88. The van der Waals surface area contributed by atoms with Crippen LogP contribution in [0.1, 0.15) is 58.3 Å². The zero-order valence-electron chi connectivity index (χ0n) is 10.1. The molecule has 0 aromatic rings. The van der Waals surface area contributed by atoms with Crippen LogP contribution in [-0.2, 0) is 0 Å². The molecule has 2 bridgehead atoms. The van der Waals surface area contributed by atoms with Crippen LogP contribution in [0.25, 0.3) is 0 Å². The summed E-state index contributed by atoms with van der Waals surface area (Å²) in [5.74, 6) is 5.13. The highest BCUT2D eigenvalue weighted by atomic mass is 32.1. The van der Waals surface area contributed by atoms with Crippen molar-refractivity contribution in [1.29, 1.82) is 0 Å². The number of hydrogen-bond donors (Lipinski definition) is 1. The molecule has 88 valence electrons. The summed E-state index contributed by atoms with van der Waals surface area (Å²) >= 11 is 4.53. The predicted molar refractivity (Wildman–Crippen MR) is 70.4 cm³/mol. The van der Waals surface area contributed by atoms with Gasteiger partial charge in [-0.3, -0.25) is 0 Å². The summed E-state index contributed by atoms with van der Waals surface area (Å²) in [7, 11) is 0. The molecule has 0 radical (unpaired) electrons. The lowest BCUT2D eigenvalue weighted by molar-refractivity contribution is 0.307. The Kier molecular flexibility index (Phi) is 4.42. The maximum absolute atomic E-state index is 4.53. The molecule has 0 spiro atoms. The van der Waals surface area contributed by atoms with Crippen molar-refractivity contribution < 1.29 is 0 Å². The van der Waals surface area contributed by atoms with Crippen molar-refractivity contribution in [2.75, 3.05) is 5.75 Å². The van der Waals surface area contributed by atoms with E-state index in [0.717, 1.165) is 29.4 Å². The summed E-state index contributed by atoms with van der Waals surface area (Å²) in [4.78, 5) is 0. The van der Waals surface area contributed by atoms with Crippen LogP contribution in [-0.4, -0.2) is 5.75 Å². The molecule has 0 nitrogen and oxygen atoms in total. The summed E-state index contributed by atoms with van der Waals surface area (Å²) in [6.45, 7) is 2.45. The summed E-state index contributed by atoms with van der Waals surface area (Å²) in [6.07, 6.45) is 11.9. The van der Waals surface area contributed by atoms with E-state index in [4.69, 9.17) is 0 Å². The number of rotatable bonds is 1. The highest BCUT2D eigenvalue weighted by Gasteiger charge is 2.28. The van der Waals surface area contributed by atoms with Gasteiger partial charge in [0.1, 0.15) is 0 Å². The third-order valence-electron chi connectivity index (χ3n) is 4.71.